The highest BCUT2D eigenvalue weighted by Gasteiger charge is 2.23. The predicted molar refractivity (Wildman–Crippen MR) is 149 cm³/mol. The van der Waals surface area contributed by atoms with Gasteiger partial charge < -0.3 is 14.5 Å². The van der Waals surface area contributed by atoms with E-state index in [2.05, 4.69) is 25.8 Å². The van der Waals surface area contributed by atoms with Crippen LogP contribution in [-0.2, 0) is 4.74 Å². The molecule has 1 atom stereocenters. The first-order valence-electron chi connectivity index (χ1n) is 12.8. The number of ether oxygens (including phenoxy) is 1. The second-order valence-corrected chi connectivity index (χ2v) is 10.5. The van der Waals surface area contributed by atoms with Crippen molar-refractivity contribution in [2.45, 2.75) is 53.6 Å². The van der Waals surface area contributed by atoms with Crippen LogP contribution in [0.4, 0.5) is 10.6 Å². The van der Waals surface area contributed by atoms with Crippen molar-refractivity contribution >= 4 is 34.3 Å². The molecule has 3 aromatic rings. The highest BCUT2D eigenvalue weighted by molar-refractivity contribution is 7.13. The molecule has 3 N–H and O–H groups in total. The minimum absolute atomic E-state index is 0.00438. The number of nitrogens with zero attached hydrogens (tertiary/aromatic N) is 3. The number of H-pyrrole nitrogens is 1. The Hall–Kier alpha value is -3.57. The normalized spacial score (nSPS) is 15.1. The fraction of sp³-hybridized carbons (Fsp3) is 0.444. The lowest BCUT2D eigenvalue weighted by molar-refractivity contribution is 0.0890. The van der Waals surface area contributed by atoms with Gasteiger partial charge in [-0.1, -0.05) is 13.8 Å². The number of carbonyl (C=O) groups is 1. The number of thiazole rings is 1. The van der Waals surface area contributed by atoms with Crippen molar-refractivity contribution in [3.05, 3.63) is 57.5 Å². The van der Waals surface area contributed by atoms with E-state index in [-0.39, 0.29) is 23.9 Å². The highest BCUT2D eigenvalue weighted by Crippen LogP contribution is 2.36. The number of urea groups is 1. The third-order valence-electron chi connectivity index (χ3n) is 5.97. The molecule has 10 nitrogen and oxygen atoms in total. The van der Waals surface area contributed by atoms with Crippen molar-refractivity contribution < 1.29 is 13.9 Å². The molecule has 1 aliphatic carbocycles. The van der Waals surface area contributed by atoms with Gasteiger partial charge >= 0.3 is 11.8 Å². The van der Waals surface area contributed by atoms with E-state index in [4.69, 9.17) is 14.1 Å². The van der Waals surface area contributed by atoms with Gasteiger partial charge in [-0.3, -0.25) is 5.32 Å². The van der Waals surface area contributed by atoms with E-state index in [1.54, 1.807) is 6.20 Å². The second kappa shape index (κ2) is 12.3. The molecule has 0 saturated heterocycles. The van der Waals surface area contributed by atoms with E-state index in [9.17, 15) is 9.59 Å². The molecule has 0 bridgehead atoms. The van der Waals surface area contributed by atoms with Gasteiger partial charge in [-0.2, -0.15) is 0 Å². The number of aromatic amines is 1. The lowest BCUT2D eigenvalue weighted by atomic mass is 9.94. The van der Waals surface area contributed by atoms with Crippen LogP contribution >= 0.6 is 11.3 Å². The molecule has 3 aromatic heterocycles. The molecule has 1 unspecified atom stereocenters. The van der Waals surface area contributed by atoms with E-state index >= 15 is 0 Å². The van der Waals surface area contributed by atoms with Gasteiger partial charge in [0.15, 0.2) is 0 Å². The number of pyridine rings is 1. The number of aryl methyl sites for hydroxylation is 1. The predicted octanol–water partition coefficient (Wildman–Crippen LogP) is 5.27. The Morgan fingerprint density at radius 2 is 2.13 bits per heavy atom. The molecular weight excluding hydrogens is 504 g/mol. The molecule has 0 aliphatic heterocycles. The molecule has 2 amide bonds. The number of anilines is 1. The van der Waals surface area contributed by atoms with Gasteiger partial charge in [0.25, 0.3) is 0 Å². The Balaban J connectivity index is 1.83. The summed E-state index contributed by atoms with van der Waals surface area (Å²) < 4.78 is 11.4. The largest absolute Gasteiger partial charge is 0.434 e. The molecule has 4 rings (SSSR count). The first kappa shape index (κ1) is 27.5. The fourth-order valence-electron chi connectivity index (χ4n) is 3.81. The number of hydrogen-bond acceptors (Lipinski definition) is 8. The summed E-state index contributed by atoms with van der Waals surface area (Å²) in [5, 5.41) is 14.7. The minimum Gasteiger partial charge on any atom is -0.388 e. The number of hydrogen-bond donors (Lipinski definition) is 3. The van der Waals surface area contributed by atoms with Gasteiger partial charge in [-0.05, 0) is 69.2 Å². The van der Waals surface area contributed by atoms with Crippen LogP contribution in [0.15, 0.2) is 39.0 Å². The lowest BCUT2D eigenvalue weighted by Crippen LogP contribution is -2.28. The summed E-state index contributed by atoms with van der Waals surface area (Å²) in [7, 11) is 0. The number of carbonyl (C=O) groups excluding carboxylic acids is 1. The van der Waals surface area contributed by atoms with E-state index in [1.165, 1.54) is 24.2 Å². The molecule has 0 spiro atoms. The molecular formula is C27H34N6O4S. The van der Waals surface area contributed by atoms with Crippen LogP contribution in [0.3, 0.4) is 0 Å². The molecule has 1 aliphatic rings. The summed E-state index contributed by atoms with van der Waals surface area (Å²) in [4.78, 5) is 33.1. The summed E-state index contributed by atoms with van der Waals surface area (Å²) in [5.74, 6) is 0.664. The fourth-order valence-corrected chi connectivity index (χ4v) is 4.64. The Morgan fingerprint density at radius 1 is 1.34 bits per heavy atom. The zero-order valence-electron chi connectivity index (χ0n) is 22.3. The summed E-state index contributed by atoms with van der Waals surface area (Å²) in [6.45, 7) is 11.0. The molecule has 1 fully saturated rings. The van der Waals surface area contributed by atoms with E-state index in [1.807, 2.05) is 58.2 Å². The number of rotatable bonds is 11. The average Bonchev–Trinajstić information content (AvgIpc) is 3.45. The molecule has 38 heavy (non-hydrogen) atoms. The summed E-state index contributed by atoms with van der Waals surface area (Å²) in [6.07, 6.45) is 7.95. The molecule has 0 aromatic carbocycles. The third kappa shape index (κ3) is 7.26. The molecule has 3 heterocycles. The van der Waals surface area contributed by atoms with Crippen LogP contribution in [0, 0.1) is 18.8 Å². The summed E-state index contributed by atoms with van der Waals surface area (Å²) in [5.41, 5.74) is 4.08. The average molecular weight is 539 g/mol. The molecule has 0 radical (unpaired) electrons. The lowest BCUT2D eigenvalue weighted by Gasteiger charge is -2.16. The first-order valence-corrected chi connectivity index (χ1v) is 13.7. The number of allylic oxidation sites excluding steroid dienone is 3. The Bertz CT molecular complexity index is 1380. The van der Waals surface area contributed by atoms with Gasteiger partial charge in [0.05, 0.1) is 12.7 Å². The standard InChI is InChI=1S/C27H34N6O4S/c1-6-28-26(34)31-23-11-21(25-30-16(4)14-38-25)22(12-29-23)19(9-17(5)36-13-18-7-8-18)10-20(15(2)3)24-32-33-27(35)37-24/h9-12,14-15,17-18H,6-8,13H2,1-5H3,(H,33,35)(H2,28,29,31,34). The number of amides is 2. The van der Waals surface area contributed by atoms with Crippen molar-refractivity contribution in [2.75, 3.05) is 18.5 Å². The van der Waals surface area contributed by atoms with Gasteiger partial charge in [-0.25, -0.2) is 24.7 Å². The number of nitrogens with one attached hydrogen (secondary N) is 3. The van der Waals surface area contributed by atoms with Crippen LogP contribution in [0.5, 0.6) is 0 Å². The first-order chi connectivity index (χ1) is 18.2. The van der Waals surface area contributed by atoms with Crippen molar-refractivity contribution in [3.63, 3.8) is 0 Å². The number of aromatic nitrogens is 4. The minimum atomic E-state index is -0.611. The van der Waals surface area contributed by atoms with Crippen molar-refractivity contribution in [2.24, 2.45) is 11.8 Å². The van der Waals surface area contributed by atoms with E-state index < -0.39 is 5.76 Å². The van der Waals surface area contributed by atoms with Gasteiger partial charge in [0.2, 0.25) is 5.89 Å². The van der Waals surface area contributed by atoms with Gasteiger partial charge in [0.1, 0.15) is 10.8 Å². The van der Waals surface area contributed by atoms with E-state index in [0.29, 0.717) is 24.9 Å². The third-order valence-corrected chi connectivity index (χ3v) is 6.96. The van der Waals surface area contributed by atoms with Gasteiger partial charge in [-0.15, -0.1) is 16.4 Å². The quantitative estimate of drug-likeness (QED) is 0.283. The zero-order valence-corrected chi connectivity index (χ0v) is 23.1. The maximum absolute atomic E-state index is 12.2. The Labute approximate surface area is 225 Å². The zero-order chi connectivity index (χ0) is 27.2. The van der Waals surface area contributed by atoms with E-state index in [0.717, 1.165) is 33.0 Å². The van der Waals surface area contributed by atoms with Crippen LogP contribution in [-0.4, -0.2) is 45.5 Å². The topological polar surface area (TPSA) is 135 Å². The maximum atomic E-state index is 12.2. The van der Waals surface area contributed by atoms with Crippen LogP contribution in [0.25, 0.3) is 21.7 Å². The second-order valence-electron chi connectivity index (χ2n) is 9.67. The highest BCUT2D eigenvalue weighted by atomic mass is 32.1. The molecule has 202 valence electrons. The van der Waals surface area contributed by atoms with Crippen LogP contribution in [0.2, 0.25) is 0 Å². The van der Waals surface area contributed by atoms with Gasteiger partial charge in [0, 0.05) is 40.5 Å². The molecule has 11 heteroatoms. The van der Waals surface area contributed by atoms with Crippen molar-refractivity contribution in [1.29, 1.82) is 0 Å². The Morgan fingerprint density at radius 3 is 2.74 bits per heavy atom. The smallest absolute Gasteiger partial charge is 0.388 e. The molecule has 1 saturated carbocycles. The van der Waals surface area contributed by atoms with Crippen molar-refractivity contribution in [1.82, 2.24) is 25.5 Å². The monoisotopic (exact) mass is 538 g/mol. The summed E-state index contributed by atoms with van der Waals surface area (Å²) >= 11 is 1.51. The summed E-state index contributed by atoms with van der Waals surface area (Å²) in [6, 6.07) is 1.49. The van der Waals surface area contributed by atoms with Crippen LogP contribution < -0.4 is 16.4 Å². The van der Waals surface area contributed by atoms with Crippen LogP contribution in [0.1, 0.15) is 57.7 Å². The maximum Gasteiger partial charge on any atom is 0.434 e. The Kier molecular flexibility index (Phi) is 8.90. The SMILES string of the molecule is CCNC(=O)Nc1cc(-c2nc(C)cs2)c(C(=CC(C)OCC2CC2)C=C(c2n[nH]c(=O)o2)C(C)C)cn1. The van der Waals surface area contributed by atoms with Crippen molar-refractivity contribution in [3.8, 4) is 10.6 Å².